The van der Waals surface area contributed by atoms with Gasteiger partial charge in [-0.25, -0.2) is 0 Å². The molecule has 29 heavy (non-hydrogen) atoms. The zero-order valence-corrected chi connectivity index (χ0v) is 17.9. The van der Waals surface area contributed by atoms with Crippen LogP contribution >= 0.6 is 0 Å². The van der Waals surface area contributed by atoms with Crippen molar-refractivity contribution in [3.8, 4) is 0 Å². The highest BCUT2D eigenvalue weighted by molar-refractivity contribution is 5.97. The van der Waals surface area contributed by atoms with Crippen molar-refractivity contribution in [3.63, 3.8) is 0 Å². The molecule has 0 bridgehead atoms. The lowest BCUT2D eigenvalue weighted by Gasteiger charge is -2.33. The number of nitrogens with one attached hydrogen (secondary N) is 2. The monoisotopic (exact) mass is 390 g/mol. The Bertz CT molecular complexity index is 843. The van der Waals surface area contributed by atoms with Crippen LogP contribution in [-0.2, 0) is 12.1 Å². The Morgan fingerprint density at radius 3 is 2.38 bits per heavy atom. The Morgan fingerprint density at radius 2 is 1.69 bits per heavy atom. The van der Waals surface area contributed by atoms with Crippen molar-refractivity contribution in [2.45, 2.75) is 70.9 Å². The van der Waals surface area contributed by atoms with Crippen LogP contribution < -0.4 is 10.6 Å². The molecule has 3 heteroatoms. The van der Waals surface area contributed by atoms with E-state index in [0.717, 1.165) is 29.2 Å². The number of aryl methyl sites for hydroxylation is 2. The van der Waals surface area contributed by atoms with Gasteiger partial charge < -0.3 is 10.6 Å². The summed E-state index contributed by atoms with van der Waals surface area (Å²) in [7, 11) is 0. The third-order valence-electron chi connectivity index (χ3n) is 6.85. The van der Waals surface area contributed by atoms with Crippen LogP contribution in [0.4, 0.5) is 0 Å². The summed E-state index contributed by atoms with van der Waals surface area (Å²) in [6.07, 6.45) is 9.07. The number of amides is 1. The highest BCUT2D eigenvalue weighted by Crippen LogP contribution is 2.41. The van der Waals surface area contributed by atoms with Gasteiger partial charge in [0.15, 0.2) is 0 Å². The minimum atomic E-state index is 0.0255. The van der Waals surface area contributed by atoms with Crippen molar-refractivity contribution in [1.82, 2.24) is 10.6 Å². The first-order chi connectivity index (χ1) is 14.1. The number of benzene rings is 2. The average Bonchev–Trinajstić information content (AvgIpc) is 3.41. The summed E-state index contributed by atoms with van der Waals surface area (Å²) in [5.41, 5.74) is 5.58. The average molecular weight is 391 g/mol. The van der Waals surface area contributed by atoms with Crippen LogP contribution in [0.15, 0.2) is 42.5 Å². The molecule has 1 amide bonds. The predicted molar refractivity (Wildman–Crippen MR) is 119 cm³/mol. The standard InChI is InChI=1S/C26H34N2O/c1-19-8-7-9-20(2)24(19)25(29)27-18-22-10-3-4-11-23(22)26(15-5-6-16-26)28-17-14-21-12-13-21/h3-4,7-11,21,28H,5-6,12-18H2,1-2H3,(H,27,29). The van der Waals surface area contributed by atoms with Gasteiger partial charge in [0.05, 0.1) is 0 Å². The van der Waals surface area contributed by atoms with Crippen LogP contribution in [0.2, 0.25) is 0 Å². The zero-order valence-electron chi connectivity index (χ0n) is 17.9. The molecule has 2 aliphatic carbocycles. The van der Waals surface area contributed by atoms with E-state index in [0.29, 0.717) is 6.54 Å². The van der Waals surface area contributed by atoms with Crippen molar-refractivity contribution in [1.29, 1.82) is 0 Å². The summed E-state index contributed by atoms with van der Waals surface area (Å²) in [6.45, 7) is 5.70. The van der Waals surface area contributed by atoms with E-state index < -0.39 is 0 Å². The molecule has 0 unspecified atom stereocenters. The normalized spacial score (nSPS) is 18.0. The van der Waals surface area contributed by atoms with Gasteiger partial charge in [-0.2, -0.15) is 0 Å². The number of rotatable bonds is 8. The van der Waals surface area contributed by atoms with E-state index in [1.54, 1.807) is 0 Å². The lowest BCUT2D eigenvalue weighted by Crippen LogP contribution is -2.41. The van der Waals surface area contributed by atoms with E-state index in [9.17, 15) is 4.79 Å². The minimum absolute atomic E-state index is 0.0255. The van der Waals surface area contributed by atoms with Crippen molar-refractivity contribution < 1.29 is 4.79 Å². The Morgan fingerprint density at radius 1 is 1.00 bits per heavy atom. The molecule has 0 radical (unpaired) electrons. The fourth-order valence-corrected chi connectivity index (χ4v) is 5.02. The van der Waals surface area contributed by atoms with E-state index in [1.165, 1.54) is 56.1 Å². The summed E-state index contributed by atoms with van der Waals surface area (Å²) >= 11 is 0. The number of hydrogen-bond donors (Lipinski definition) is 2. The molecule has 0 atom stereocenters. The van der Waals surface area contributed by atoms with Gasteiger partial charge in [-0.3, -0.25) is 4.79 Å². The maximum atomic E-state index is 12.9. The first kappa shape index (κ1) is 20.2. The molecule has 2 aromatic carbocycles. The largest absolute Gasteiger partial charge is 0.348 e. The molecular weight excluding hydrogens is 356 g/mol. The lowest BCUT2D eigenvalue weighted by molar-refractivity contribution is 0.0949. The van der Waals surface area contributed by atoms with Crippen LogP contribution in [0.1, 0.15) is 77.6 Å². The van der Waals surface area contributed by atoms with Gasteiger partial charge in [-0.05, 0) is 67.8 Å². The van der Waals surface area contributed by atoms with Crippen molar-refractivity contribution in [2.24, 2.45) is 5.92 Å². The molecule has 2 fully saturated rings. The van der Waals surface area contributed by atoms with Gasteiger partial charge in [0, 0.05) is 17.6 Å². The fourth-order valence-electron chi connectivity index (χ4n) is 5.02. The van der Waals surface area contributed by atoms with E-state index in [2.05, 4.69) is 34.9 Å². The molecule has 154 valence electrons. The minimum Gasteiger partial charge on any atom is -0.348 e. The SMILES string of the molecule is Cc1cccc(C)c1C(=O)NCc1ccccc1C1(NCCC2CC2)CCCC1. The number of carbonyl (C=O) groups is 1. The van der Waals surface area contributed by atoms with Gasteiger partial charge in [-0.1, -0.05) is 68.1 Å². The van der Waals surface area contributed by atoms with Gasteiger partial charge in [0.1, 0.15) is 0 Å². The maximum absolute atomic E-state index is 12.9. The second-order valence-electron chi connectivity index (χ2n) is 9.05. The maximum Gasteiger partial charge on any atom is 0.252 e. The quantitative estimate of drug-likeness (QED) is 0.634. The molecule has 0 heterocycles. The molecule has 2 aromatic rings. The smallest absolute Gasteiger partial charge is 0.252 e. The molecule has 2 aliphatic rings. The molecule has 4 rings (SSSR count). The van der Waals surface area contributed by atoms with Crippen LogP contribution in [0, 0.1) is 19.8 Å². The second-order valence-corrected chi connectivity index (χ2v) is 9.05. The molecular formula is C26H34N2O. The van der Waals surface area contributed by atoms with E-state index in [-0.39, 0.29) is 11.4 Å². The van der Waals surface area contributed by atoms with Crippen molar-refractivity contribution in [3.05, 3.63) is 70.3 Å². The van der Waals surface area contributed by atoms with E-state index >= 15 is 0 Å². The molecule has 3 nitrogen and oxygen atoms in total. The zero-order chi connectivity index (χ0) is 20.3. The first-order valence-corrected chi connectivity index (χ1v) is 11.3. The van der Waals surface area contributed by atoms with Gasteiger partial charge in [-0.15, -0.1) is 0 Å². The molecule has 2 saturated carbocycles. The third kappa shape index (κ3) is 4.56. The van der Waals surface area contributed by atoms with Gasteiger partial charge in [0.2, 0.25) is 0 Å². The lowest BCUT2D eigenvalue weighted by atomic mass is 9.84. The molecule has 0 aromatic heterocycles. The molecule has 0 saturated heterocycles. The summed E-state index contributed by atoms with van der Waals surface area (Å²) in [4.78, 5) is 12.9. The molecule has 0 spiro atoms. The highest BCUT2D eigenvalue weighted by Gasteiger charge is 2.37. The van der Waals surface area contributed by atoms with Crippen LogP contribution in [0.3, 0.4) is 0 Å². The fraction of sp³-hybridized carbons (Fsp3) is 0.500. The topological polar surface area (TPSA) is 41.1 Å². The summed E-state index contributed by atoms with van der Waals surface area (Å²) in [5, 5.41) is 7.14. The van der Waals surface area contributed by atoms with Gasteiger partial charge >= 0.3 is 0 Å². The molecule has 0 aliphatic heterocycles. The Labute approximate surface area is 175 Å². The Balaban J connectivity index is 1.50. The number of hydrogen-bond acceptors (Lipinski definition) is 2. The Kier molecular flexibility index (Phi) is 6.05. The van der Waals surface area contributed by atoms with Crippen LogP contribution in [0.5, 0.6) is 0 Å². The summed E-state index contributed by atoms with van der Waals surface area (Å²) in [5.74, 6) is 0.977. The van der Waals surface area contributed by atoms with E-state index in [4.69, 9.17) is 0 Å². The Hall–Kier alpha value is -2.13. The van der Waals surface area contributed by atoms with Gasteiger partial charge in [0.25, 0.3) is 5.91 Å². The first-order valence-electron chi connectivity index (χ1n) is 11.3. The molecule has 2 N–H and O–H groups in total. The number of carbonyl (C=O) groups excluding carboxylic acids is 1. The second kappa shape index (κ2) is 8.71. The predicted octanol–water partition coefficient (Wildman–Crippen LogP) is 5.39. The third-order valence-corrected chi connectivity index (χ3v) is 6.85. The van der Waals surface area contributed by atoms with Crippen molar-refractivity contribution >= 4 is 5.91 Å². The summed E-state index contributed by atoms with van der Waals surface area (Å²) in [6, 6.07) is 14.7. The highest BCUT2D eigenvalue weighted by atomic mass is 16.1. The van der Waals surface area contributed by atoms with Crippen molar-refractivity contribution in [2.75, 3.05) is 6.54 Å². The van der Waals surface area contributed by atoms with Crippen LogP contribution in [0.25, 0.3) is 0 Å². The van der Waals surface area contributed by atoms with E-state index in [1.807, 2.05) is 32.0 Å². The summed E-state index contributed by atoms with van der Waals surface area (Å²) < 4.78 is 0. The van der Waals surface area contributed by atoms with Crippen LogP contribution in [-0.4, -0.2) is 12.5 Å².